The molecule has 1 saturated carbocycles. The van der Waals surface area contributed by atoms with Crippen molar-refractivity contribution in [3.05, 3.63) is 172 Å². The Morgan fingerprint density at radius 1 is 0.468 bits per heavy atom. The molecule has 0 amide bonds. The van der Waals surface area contributed by atoms with E-state index in [4.69, 9.17) is 0 Å². The molecular weight excluding hydrogens is 930 g/mol. The molecule has 0 N–H and O–H groups in total. The SMILES string of the molecule is CC(C)C1CCC(C)(C)c2cc3c(cc21)N(c1ccc(C(C)(C)C)cc1-c1ccccc1)c1cc(N2c4ccc(C(C)(C)C)cc4C4(C)CCC24C)cc2c1B3c1ccc(C(C)(C)C)cc1N2c1cccc(C(C)(C)C)c1. The average molecular weight is 1020 g/mol. The lowest BCUT2D eigenvalue weighted by Crippen LogP contribution is -2.62. The Morgan fingerprint density at radius 2 is 1.05 bits per heavy atom. The first-order valence-electron chi connectivity index (χ1n) is 29.4. The van der Waals surface area contributed by atoms with Gasteiger partial charge in [0.2, 0.25) is 0 Å². The Morgan fingerprint density at radius 3 is 1.68 bits per heavy atom. The summed E-state index contributed by atoms with van der Waals surface area (Å²) in [6.45, 7) is 43.4. The number of rotatable bonds is 5. The molecular formula is C73H86BN3. The van der Waals surface area contributed by atoms with Gasteiger partial charge in [-0.2, -0.15) is 0 Å². The van der Waals surface area contributed by atoms with Gasteiger partial charge in [-0.25, -0.2) is 0 Å². The summed E-state index contributed by atoms with van der Waals surface area (Å²) in [6, 6.07) is 54.0. The third kappa shape index (κ3) is 7.86. The molecule has 3 nitrogen and oxygen atoms in total. The number of anilines is 8. The van der Waals surface area contributed by atoms with Crippen LogP contribution in [0.3, 0.4) is 0 Å². The lowest BCUT2D eigenvalue weighted by atomic mass is 9.33. The Labute approximate surface area is 464 Å². The van der Waals surface area contributed by atoms with Crippen LogP contribution in [-0.2, 0) is 32.5 Å². The van der Waals surface area contributed by atoms with Crippen molar-refractivity contribution in [2.24, 2.45) is 5.92 Å². The molecule has 396 valence electrons. The summed E-state index contributed by atoms with van der Waals surface area (Å²) in [5.74, 6) is 0.992. The molecule has 3 aliphatic heterocycles. The van der Waals surface area contributed by atoms with Crippen molar-refractivity contribution in [2.75, 3.05) is 14.7 Å². The van der Waals surface area contributed by atoms with E-state index in [1.165, 1.54) is 131 Å². The summed E-state index contributed by atoms with van der Waals surface area (Å²) in [5.41, 5.74) is 26.7. The fraction of sp³-hybridized carbons (Fsp3) is 0.425. The van der Waals surface area contributed by atoms with Gasteiger partial charge in [-0.15, -0.1) is 0 Å². The first-order chi connectivity index (χ1) is 36.0. The van der Waals surface area contributed by atoms with E-state index in [0.29, 0.717) is 11.8 Å². The molecule has 1 fully saturated rings. The van der Waals surface area contributed by atoms with Gasteiger partial charge in [-0.05, 0) is 187 Å². The Bertz CT molecular complexity index is 3530. The minimum atomic E-state index is -0.120. The molecule has 7 aromatic carbocycles. The Hall–Kier alpha value is -6.00. The lowest BCUT2D eigenvalue weighted by Gasteiger charge is -2.56. The third-order valence-electron chi connectivity index (χ3n) is 20.0. The normalized spacial score (nSPS) is 21.3. The fourth-order valence-electron chi connectivity index (χ4n) is 14.7. The Balaban J connectivity index is 1.26. The minimum absolute atomic E-state index is 0.00147. The van der Waals surface area contributed by atoms with Crippen LogP contribution in [0.4, 0.5) is 45.5 Å². The molecule has 3 unspecified atom stereocenters. The number of hydrogen-bond acceptors (Lipinski definition) is 3. The molecule has 4 heteroatoms. The molecule has 12 rings (SSSR count). The predicted molar refractivity (Wildman–Crippen MR) is 334 cm³/mol. The summed E-state index contributed by atoms with van der Waals surface area (Å²) >= 11 is 0. The van der Waals surface area contributed by atoms with Crippen molar-refractivity contribution in [3.63, 3.8) is 0 Å². The van der Waals surface area contributed by atoms with Crippen LogP contribution in [0.25, 0.3) is 11.1 Å². The van der Waals surface area contributed by atoms with Crippen molar-refractivity contribution in [1.82, 2.24) is 0 Å². The van der Waals surface area contributed by atoms with E-state index in [0.717, 1.165) is 6.42 Å². The van der Waals surface area contributed by atoms with Gasteiger partial charge in [0.15, 0.2) is 0 Å². The maximum absolute atomic E-state index is 2.81. The number of benzene rings is 7. The van der Waals surface area contributed by atoms with Crippen molar-refractivity contribution in [2.45, 2.75) is 194 Å². The topological polar surface area (TPSA) is 9.72 Å². The van der Waals surface area contributed by atoms with Crippen LogP contribution in [-0.4, -0.2) is 12.3 Å². The molecule has 2 aliphatic carbocycles. The van der Waals surface area contributed by atoms with Crippen LogP contribution in [0.5, 0.6) is 0 Å². The van der Waals surface area contributed by atoms with E-state index in [1.807, 2.05) is 0 Å². The summed E-state index contributed by atoms with van der Waals surface area (Å²) in [4.78, 5) is 8.28. The van der Waals surface area contributed by atoms with E-state index in [-0.39, 0.29) is 44.7 Å². The van der Waals surface area contributed by atoms with Gasteiger partial charge in [0.25, 0.3) is 6.71 Å². The molecule has 0 saturated heterocycles. The summed E-state index contributed by atoms with van der Waals surface area (Å²) in [5, 5.41) is 0. The zero-order chi connectivity index (χ0) is 54.9. The molecule has 0 spiro atoms. The minimum Gasteiger partial charge on any atom is -0.334 e. The van der Waals surface area contributed by atoms with Crippen LogP contribution in [0.2, 0.25) is 0 Å². The molecule has 0 bridgehead atoms. The van der Waals surface area contributed by atoms with E-state index < -0.39 is 0 Å². The molecule has 7 aromatic rings. The van der Waals surface area contributed by atoms with Crippen LogP contribution >= 0.6 is 0 Å². The molecule has 0 aromatic heterocycles. The van der Waals surface area contributed by atoms with Crippen molar-refractivity contribution >= 4 is 68.6 Å². The zero-order valence-electron chi connectivity index (χ0n) is 50.1. The molecule has 77 heavy (non-hydrogen) atoms. The molecule has 3 atom stereocenters. The lowest BCUT2D eigenvalue weighted by molar-refractivity contribution is 0.133. The van der Waals surface area contributed by atoms with Gasteiger partial charge < -0.3 is 14.7 Å². The second kappa shape index (κ2) is 17.0. The van der Waals surface area contributed by atoms with Crippen molar-refractivity contribution in [1.29, 1.82) is 0 Å². The van der Waals surface area contributed by atoms with E-state index >= 15 is 0 Å². The highest BCUT2D eigenvalue weighted by Crippen LogP contribution is 2.66. The first kappa shape index (κ1) is 51.7. The van der Waals surface area contributed by atoms with Gasteiger partial charge in [0, 0.05) is 50.8 Å². The Kier molecular flexibility index (Phi) is 11.4. The van der Waals surface area contributed by atoms with E-state index in [2.05, 4.69) is 273 Å². The average Bonchev–Trinajstić information content (AvgIpc) is 3.83. The van der Waals surface area contributed by atoms with Crippen LogP contribution in [0.15, 0.2) is 133 Å². The van der Waals surface area contributed by atoms with E-state index in [1.54, 1.807) is 0 Å². The molecule has 0 radical (unpaired) electrons. The van der Waals surface area contributed by atoms with Gasteiger partial charge >= 0.3 is 0 Å². The highest BCUT2D eigenvalue weighted by molar-refractivity contribution is 7.00. The van der Waals surface area contributed by atoms with Gasteiger partial charge in [-0.1, -0.05) is 197 Å². The predicted octanol–water partition coefficient (Wildman–Crippen LogP) is 18.4. The zero-order valence-corrected chi connectivity index (χ0v) is 50.1. The largest absolute Gasteiger partial charge is 0.334 e. The fourth-order valence-corrected chi connectivity index (χ4v) is 14.7. The van der Waals surface area contributed by atoms with Gasteiger partial charge in [-0.3, -0.25) is 0 Å². The second-order valence-electron chi connectivity index (χ2n) is 29.9. The van der Waals surface area contributed by atoms with Gasteiger partial charge in [0.1, 0.15) is 0 Å². The molecule has 3 heterocycles. The smallest absolute Gasteiger partial charge is 0.252 e. The summed E-state index contributed by atoms with van der Waals surface area (Å²) < 4.78 is 0. The van der Waals surface area contributed by atoms with Crippen molar-refractivity contribution in [3.8, 4) is 11.1 Å². The van der Waals surface area contributed by atoms with Crippen LogP contribution in [0, 0.1) is 5.92 Å². The highest BCUT2D eigenvalue weighted by Gasteiger charge is 2.63. The molecule has 5 aliphatic rings. The van der Waals surface area contributed by atoms with Gasteiger partial charge in [0.05, 0.1) is 11.2 Å². The van der Waals surface area contributed by atoms with E-state index in [9.17, 15) is 0 Å². The monoisotopic (exact) mass is 1020 g/mol. The maximum atomic E-state index is 2.81. The van der Waals surface area contributed by atoms with Crippen LogP contribution in [0.1, 0.15) is 195 Å². The number of nitrogens with zero attached hydrogens (tertiary/aromatic N) is 3. The van der Waals surface area contributed by atoms with Crippen LogP contribution < -0.4 is 31.1 Å². The summed E-state index contributed by atoms with van der Waals surface area (Å²) in [7, 11) is 0. The number of hydrogen-bond donors (Lipinski definition) is 0. The third-order valence-corrected chi connectivity index (χ3v) is 20.0. The number of fused-ring (bicyclic) bond motifs is 8. The standard InChI is InChI=1S/C73H86BN3/c1-45(2)53-33-34-71(15,16)56-44-59-63(43-55(53)56)76(60-31-28-48(68(6,7)8)38-54(60)46-23-20-19-21-24-46)65-42-52(77-61-32-29-49(69(9,10)11)39-57(61)72(17)35-36-73(72,77)18)41-64-66(65)74(59)58-30-27-50(70(12,13)14)40-62(58)75(64)51-26-22-25-47(37-51)67(3,4)5/h19-32,37-45,53H,33-36H2,1-18H3. The highest BCUT2D eigenvalue weighted by atomic mass is 15.3. The second-order valence-corrected chi connectivity index (χ2v) is 29.9. The quantitative estimate of drug-likeness (QED) is 0.159. The maximum Gasteiger partial charge on any atom is 0.252 e. The first-order valence-corrected chi connectivity index (χ1v) is 29.4. The summed E-state index contributed by atoms with van der Waals surface area (Å²) in [6.07, 6.45) is 4.69. The van der Waals surface area contributed by atoms with Crippen molar-refractivity contribution < 1.29 is 0 Å².